The Labute approximate surface area is 121 Å². The predicted molar refractivity (Wildman–Crippen MR) is 79.0 cm³/mol. The second-order valence-corrected chi connectivity index (χ2v) is 6.57. The van der Waals surface area contributed by atoms with E-state index in [2.05, 4.69) is 49.4 Å². The molecule has 1 aromatic heterocycles. The molecule has 0 amide bonds. The molecule has 0 aliphatic heterocycles. The highest BCUT2D eigenvalue weighted by atomic mass is 79.9. The number of benzene rings is 1. The molecule has 0 aliphatic rings. The topological polar surface area (TPSA) is 0 Å². The van der Waals surface area contributed by atoms with Crippen molar-refractivity contribution >= 4 is 54.8 Å². The van der Waals surface area contributed by atoms with Crippen LogP contribution in [0.2, 0.25) is 5.02 Å². The molecule has 4 heteroatoms. The smallest absolute Gasteiger partial charge is 0.0752 e. The first-order chi connectivity index (χ1) is 7.61. The predicted octanol–water partition coefficient (Wildman–Crippen LogP) is 5.96. The number of halogens is 3. The summed E-state index contributed by atoms with van der Waals surface area (Å²) in [4.78, 5) is 1.46. The monoisotopic (exact) mass is 378 g/mol. The van der Waals surface area contributed by atoms with Crippen LogP contribution in [-0.4, -0.2) is 0 Å². The molecule has 84 valence electrons. The molecular formula is C12H9Br2ClS. The summed E-state index contributed by atoms with van der Waals surface area (Å²) in [5.74, 6) is 0. The lowest BCUT2D eigenvalue weighted by atomic mass is 10.1. The van der Waals surface area contributed by atoms with Gasteiger partial charge in [0.1, 0.15) is 0 Å². The van der Waals surface area contributed by atoms with E-state index in [0.29, 0.717) is 0 Å². The fourth-order valence-electron chi connectivity index (χ4n) is 1.53. The molecule has 2 rings (SSSR count). The van der Waals surface area contributed by atoms with E-state index in [1.165, 1.54) is 10.4 Å². The van der Waals surface area contributed by atoms with Gasteiger partial charge < -0.3 is 0 Å². The van der Waals surface area contributed by atoms with E-state index >= 15 is 0 Å². The Morgan fingerprint density at radius 1 is 1.31 bits per heavy atom. The summed E-state index contributed by atoms with van der Waals surface area (Å²) in [5, 5.41) is 2.89. The van der Waals surface area contributed by atoms with Crippen molar-refractivity contribution in [3.05, 3.63) is 55.1 Å². The zero-order valence-electron chi connectivity index (χ0n) is 8.51. The Balaban J connectivity index is 2.46. The Kier molecular flexibility index (Phi) is 4.11. The maximum Gasteiger partial charge on any atom is 0.0752 e. The molecule has 1 unspecified atom stereocenters. The summed E-state index contributed by atoms with van der Waals surface area (Å²) < 4.78 is 1.14. The van der Waals surface area contributed by atoms with Crippen LogP contribution >= 0.6 is 54.8 Å². The normalized spacial score (nSPS) is 12.8. The van der Waals surface area contributed by atoms with Crippen LogP contribution in [0.3, 0.4) is 0 Å². The summed E-state index contributed by atoms with van der Waals surface area (Å²) in [6, 6.07) is 8.07. The molecule has 1 heterocycles. The maximum absolute atomic E-state index is 6.13. The van der Waals surface area contributed by atoms with Crippen molar-refractivity contribution < 1.29 is 0 Å². The van der Waals surface area contributed by atoms with Gasteiger partial charge in [-0.1, -0.05) is 39.7 Å². The molecule has 0 bridgehead atoms. The molecular weight excluding hydrogens is 371 g/mol. The molecule has 0 aliphatic carbocycles. The van der Waals surface area contributed by atoms with E-state index in [4.69, 9.17) is 11.6 Å². The largest absolute Gasteiger partial charge is 0.146 e. The van der Waals surface area contributed by atoms with Gasteiger partial charge in [-0.25, -0.2) is 0 Å². The molecule has 2 aromatic rings. The van der Waals surface area contributed by atoms with Crippen LogP contribution in [0.15, 0.2) is 34.1 Å². The first kappa shape index (κ1) is 12.6. The van der Waals surface area contributed by atoms with Gasteiger partial charge >= 0.3 is 0 Å². The molecule has 0 N–H and O–H groups in total. The highest BCUT2D eigenvalue weighted by molar-refractivity contribution is 9.11. The number of rotatable bonds is 2. The molecule has 0 saturated carbocycles. The molecule has 0 radical (unpaired) electrons. The second kappa shape index (κ2) is 5.21. The third-order valence-corrected chi connectivity index (χ3v) is 6.06. The quantitative estimate of drug-likeness (QED) is 0.564. The minimum atomic E-state index is 0.195. The van der Waals surface area contributed by atoms with E-state index in [1.54, 1.807) is 11.3 Å². The summed E-state index contributed by atoms with van der Waals surface area (Å²) in [6.07, 6.45) is 0. The minimum absolute atomic E-state index is 0.195. The lowest BCUT2D eigenvalue weighted by molar-refractivity contribution is 1.17. The Hall–Kier alpha value is 0.170. The van der Waals surface area contributed by atoms with Gasteiger partial charge in [-0.05, 0) is 51.5 Å². The standard InChI is InChI=1S/C12H9Br2ClS/c1-7-8(3-2-4-10(7)15)11(14)12-9(13)5-6-16-12/h2-6,11H,1H3. The molecule has 0 saturated heterocycles. The van der Waals surface area contributed by atoms with Gasteiger partial charge in [0.25, 0.3) is 0 Å². The van der Waals surface area contributed by atoms with Crippen LogP contribution in [0.4, 0.5) is 0 Å². The molecule has 1 aromatic carbocycles. The highest BCUT2D eigenvalue weighted by Gasteiger charge is 2.17. The minimum Gasteiger partial charge on any atom is -0.146 e. The lowest BCUT2D eigenvalue weighted by Gasteiger charge is -2.13. The molecule has 0 spiro atoms. The van der Waals surface area contributed by atoms with Crippen LogP contribution in [0.1, 0.15) is 20.8 Å². The first-order valence-electron chi connectivity index (χ1n) is 4.73. The molecule has 0 fully saturated rings. The van der Waals surface area contributed by atoms with Gasteiger partial charge in [-0.2, -0.15) is 0 Å². The third-order valence-electron chi connectivity index (χ3n) is 2.46. The maximum atomic E-state index is 6.13. The van der Waals surface area contributed by atoms with Crippen LogP contribution in [0.25, 0.3) is 0 Å². The van der Waals surface area contributed by atoms with Crippen molar-refractivity contribution in [1.29, 1.82) is 0 Å². The molecule has 0 nitrogen and oxygen atoms in total. The summed E-state index contributed by atoms with van der Waals surface area (Å²) in [5.41, 5.74) is 2.35. The van der Waals surface area contributed by atoms with Crippen LogP contribution in [-0.2, 0) is 0 Å². The zero-order chi connectivity index (χ0) is 11.7. The van der Waals surface area contributed by atoms with Crippen LogP contribution < -0.4 is 0 Å². The van der Waals surface area contributed by atoms with Gasteiger partial charge in [0.15, 0.2) is 0 Å². The number of alkyl halides is 1. The number of hydrogen-bond donors (Lipinski definition) is 0. The Bertz CT molecular complexity index is 507. The fraction of sp³-hybridized carbons (Fsp3) is 0.167. The van der Waals surface area contributed by atoms with Crippen LogP contribution in [0.5, 0.6) is 0 Å². The average molecular weight is 381 g/mol. The van der Waals surface area contributed by atoms with E-state index in [9.17, 15) is 0 Å². The summed E-state index contributed by atoms with van der Waals surface area (Å²) in [7, 11) is 0. The van der Waals surface area contributed by atoms with Crippen molar-refractivity contribution in [2.75, 3.05) is 0 Å². The number of hydrogen-bond acceptors (Lipinski definition) is 1. The SMILES string of the molecule is Cc1c(Cl)cccc1C(Br)c1sccc1Br. The Morgan fingerprint density at radius 3 is 2.69 bits per heavy atom. The fourth-order valence-corrected chi connectivity index (χ4v) is 4.68. The summed E-state index contributed by atoms with van der Waals surface area (Å²) in [6.45, 7) is 2.05. The molecule has 1 atom stereocenters. The van der Waals surface area contributed by atoms with E-state index in [-0.39, 0.29) is 4.83 Å². The summed E-state index contributed by atoms with van der Waals surface area (Å²) >= 11 is 15.1. The van der Waals surface area contributed by atoms with Crippen molar-refractivity contribution in [1.82, 2.24) is 0 Å². The van der Waals surface area contributed by atoms with Gasteiger partial charge in [0.2, 0.25) is 0 Å². The van der Waals surface area contributed by atoms with Crippen LogP contribution in [0, 0.1) is 6.92 Å². The van der Waals surface area contributed by atoms with E-state index < -0.39 is 0 Å². The number of thiophene rings is 1. The van der Waals surface area contributed by atoms with Crippen molar-refractivity contribution in [3.63, 3.8) is 0 Å². The van der Waals surface area contributed by atoms with E-state index in [1.807, 2.05) is 19.1 Å². The Morgan fingerprint density at radius 2 is 2.06 bits per heavy atom. The van der Waals surface area contributed by atoms with Gasteiger partial charge in [-0.15, -0.1) is 11.3 Å². The lowest BCUT2D eigenvalue weighted by Crippen LogP contribution is -1.94. The van der Waals surface area contributed by atoms with Crippen molar-refractivity contribution in [2.45, 2.75) is 11.8 Å². The highest BCUT2D eigenvalue weighted by Crippen LogP contribution is 2.40. The average Bonchev–Trinajstić information content (AvgIpc) is 2.68. The second-order valence-electron chi connectivity index (χ2n) is 3.45. The first-order valence-corrected chi connectivity index (χ1v) is 7.70. The van der Waals surface area contributed by atoms with Gasteiger partial charge in [0.05, 0.1) is 4.83 Å². The van der Waals surface area contributed by atoms with Crippen molar-refractivity contribution in [2.24, 2.45) is 0 Å². The van der Waals surface area contributed by atoms with E-state index in [0.717, 1.165) is 15.1 Å². The third kappa shape index (κ3) is 2.37. The van der Waals surface area contributed by atoms with Gasteiger partial charge in [-0.3, -0.25) is 0 Å². The van der Waals surface area contributed by atoms with Crippen molar-refractivity contribution in [3.8, 4) is 0 Å². The van der Waals surface area contributed by atoms with Gasteiger partial charge in [0, 0.05) is 14.4 Å². The molecule has 16 heavy (non-hydrogen) atoms. The zero-order valence-corrected chi connectivity index (χ0v) is 13.3.